The molecule has 0 bridgehead atoms. The molecular formula is C23H27N5O. The second-order valence-electron chi connectivity index (χ2n) is 7.99. The molecular weight excluding hydrogens is 362 g/mol. The van der Waals surface area contributed by atoms with Crippen LogP contribution in [0.1, 0.15) is 36.2 Å². The molecule has 0 aliphatic heterocycles. The van der Waals surface area contributed by atoms with Crippen molar-refractivity contribution in [2.24, 2.45) is 0 Å². The van der Waals surface area contributed by atoms with Crippen molar-refractivity contribution in [3.8, 4) is 11.3 Å². The van der Waals surface area contributed by atoms with Crippen molar-refractivity contribution in [3.05, 3.63) is 54.4 Å². The number of benzene rings is 1. The van der Waals surface area contributed by atoms with Crippen molar-refractivity contribution in [2.45, 2.75) is 37.8 Å². The fourth-order valence-corrected chi connectivity index (χ4v) is 4.07. The van der Waals surface area contributed by atoms with Gasteiger partial charge in [-0.15, -0.1) is 0 Å². The van der Waals surface area contributed by atoms with Crippen molar-refractivity contribution in [1.82, 2.24) is 20.2 Å². The summed E-state index contributed by atoms with van der Waals surface area (Å²) in [5.41, 5.74) is 9.71. The number of rotatable bonds is 4. The molecule has 1 amide bonds. The van der Waals surface area contributed by atoms with Crippen LogP contribution in [0.4, 0.5) is 5.69 Å². The van der Waals surface area contributed by atoms with Crippen LogP contribution in [-0.4, -0.2) is 47.0 Å². The first kappa shape index (κ1) is 19.3. The van der Waals surface area contributed by atoms with Gasteiger partial charge in [0.15, 0.2) is 0 Å². The van der Waals surface area contributed by atoms with E-state index in [2.05, 4.69) is 34.3 Å². The highest BCUT2D eigenvalue weighted by molar-refractivity contribution is 5.94. The van der Waals surface area contributed by atoms with E-state index in [0.717, 1.165) is 41.4 Å². The van der Waals surface area contributed by atoms with E-state index in [4.69, 9.17) is 5.73 Å². The Bertz CT molecular complexity index is 1030. The topological polar surface area (TPSA) is 84.1 Å². The number of hydrogen-bond acceptors (Lipinski definition) is 5. The molecule has 2 unspecified atom stereocenters. The average Bonchev–Trinajstić information content (AvgIpc) is 2.74. The zero-order valence-electron chi connectivity index (χ0n) is 16.9. The summed E-state index contributed by atoms with van der Waals surface area (Å²) in [6.45, 7) is 0. The zero-order valence-corrected chi connectivity index (χ0v) is 16.9. The Labute approximate surface area is 171 Å². The fraction of sp³-hybridized carbons (Fsp3) is 0.348. The second-order valence-corrected chi connectivity index (χ2v) is 7.99. The average molecular weight is 390 g/mol. The molecule has 6 heteroatoms. The molecule has 3 aromatic rings. The molecule has 1 aromatic carbocycles. The minimum absolute atomic E-state index is 0.113. The summed E-state index contributed by atoms with van der Waals surface area (Å²) < 4.78 is 0. The summed E-state index contributed by atoms with van der Waals surface area (Å²) in [5, 5.41) is 4.07. The molecule has 150 valence electrons. The van der Waals surface area contributed by atoms with Gasteiger partial charge in [0.1, 0.15) is 5.69 Å². The van der Waals surface area contributed by atoms with Crippen LogP contribution in [0.15, 0.2) is 48.7 Å². The lowest BCUT2D eigenvalue weighted by atomic mass is 9.90. The van der Waals surface area contributed by atoms with Gasteiger partial charge in [0.05, 0.1) is 11.2 Å². The van der Waals surface area contributed by atoms with Crippen molar-refractivity contribution < 1.29 is 4.79 Å². The Hall–Kier alpha value is -2.99. The van der Waals surface area contributed by atoms with Gasteiger partial charge < -0.3 is 16.0 Å². The lowest BCUT2D eigenvalue weighted by Crippen LogP contribution is -2.43. The third-order valence-corrected chi connectivity index (χ3v) is 5.76. The highest BCUT2D eigenvalue weighted by Crippen LogP contribution is 2.26. The normalized spacial score (nSPS) is 19.4. The predicted octanol–water partition coefficient (Wildman–Crippen LogP) is 3.48. The first-order chi connectivity index (χ1) is 14.0. The molecule has 1 saturated carbocycles. The molecule has 1 fully saturated rings. The quantitative estimate of drug-likeness (QED) is 0.714. The van der Waals surface area contributed by atoms with Gasteiger partial charge in [0.2, 0.25) is 0 Å². The number of pyridine rings is 2. The predicted molar refractivity (Wildman–Crippen MR) is 117 cm³/mol. The first-order valence-electron chi connectivity index (χ1n) is 10.1. The van der Waals surface area contributed by atoms with Gasteiger partial charge >= 0.3 is 0 Å². The van der Waals surface area contributed by atoms with Crippen LogP contribution >= 0.6 is 0 Å². The molecule has 0 saturated heterocycles. The number of nitrogen functional groups attached to an aromatic ring is 1. The summed E-state index contributed by atoms with van der Waals surface area (Å²) in [4.78, 5) is 24.0. The second kappa shape index (κ2) is 8.17. The number of aromatic nitrogens is 2. The zero-order chi connectivity index (χ0) is 20.4. The molecule has 2 heterocycles. The number of fused-ring (bicyclic) bond motifs is 1. The highest BCUT2D eigenvalue weighted by atomic mass is 16.1. The number of anilines is 1. The SMILES string of the molecule is CN(C)C1CCCC(NC(=O)c2cccc(-c3ccc4nccc(N)c4c3)n2)C1. The summed E-state index contributed by atoms with van der Waals surface area (Å²) in [5.74, 6) is -0.113. The molecule has 2 atom stereocenters. The van der Waals surface area contributed by atoms with Crippen LogP contribution in [0.3, 0.4) is 0 Å². The first-order valence-corrected chi connectivity index (χ1v) is 10.1. The number of carbonyl (C=O) groups is 1. The van der Waals surface area contributed by atoms with Gasteiger partial charge in [0, 0.05) is 34.9 Å². The Morgan fingerprint density at radius 1 is 1.17 bits per heavy atom. The molecule has 4 rings (SSSR count). The van der Waals surface area contributed by atoms with Crippen molar-refractivity contribution in [3.63, 3.8) is 0 Å². The molecule has 2 aromatic heterocycles. The number of hydrogen-bond donors (Lipinski definition) is 2. The molecule has 1 aliphatic rings. The van der Waals surface area contributed by atoms with E-state index in [1.54, 1.807) is 18.3 Å². The Balaban J connectivity index is 1.54. The minimum Gasteiger partial charge on any atom is -0.398 e. The van der Waals surface area contributed by atoms with E-state index in [-0.39, 0.29) is 11.9 Å². The summed E-state index contributed by atoms with van der Waals surface area (Å²) >= 11 is 0. The lowest BCUT2D eigenvalue weighted by molar-refractivity contribution is 0.0906. The Morgan fingerprint density at radius 2 is 2.03 bits per heavy atom. The number of nitrogens with two attached hydrogens (primary N) is 1. The highest BCUT2D eigenvalue weighted by Gasteiger charge is 2.25. The van der Waals surface area contributed by atoms with Crippen LogP contribution in [0, 0.1) is 0 Å². The molecule has 1 aliphatic carbocycles. The smallest absolute Gasteiger partial charge is 0.270 e. The van der Waals surface area contributed by atoms with E-state index < -0.39 is 0 Å². The van der Waals surface area contributed by atoms with E-state index in [1.807, 2.05) is 30.3 Å². The van der Waals surface area contributed by atoms with Gasteiger partial charge in [-0.2, -0.15) is 0 Å². The molecule has 29 heavy (non-hydrogen) atoms. The van der Waals surface area contributed by atoms with Gasteiger partial charge in [-0.1, -0.05) is 12.1 Å². The van der Waals surface area contributed by atoms with Crippen LogP contribution in [0.2, 0.25) is 0 Å². The van der Waals surface area contributed by atoms with Gasteiger partial charge in [0.25, 0.3) is 5.91 Å². The third-order valence-electron chi connectivity index (χ3n) is 5.76. The number of carbonyl (C=O) groups excluding carboxylic acids is 1. The minimum atomic E-state index is -0.113. The van der Waals surface area contributed by atoms with Gasteiger partial charge in [-0.3, -0.25) is 9.78 Å². The fourth-order valence-electron chi connectivity index (χ4n) is 4.07. The third kappa shape index (κ3) is 4.22. The standard InChI is InChI=1S/C23H27N5O/c1-28(2)17-6-3-5-16(14-17)26-23(29)22-8-4-7-20(27-22)15-9-10-21-18(13-15)19(24)11-12-25-21/h4,7-13,16-17H,3,5-6,14H2,1-2H3,(H2,24,25)(H,26,29). The summed E-state index contributed by atoms with van der Waals surface area (Å²) in [6.07, 6.45) is 6.02. The van der Waals surface area contributed by atoms with Gasteiger partial charge in [-0.25, -0.2) is 4.98 Å². The van der Waals surface area contributed by atoms with Crippen molar-refractivity contribution >= 4 is 22.5 Å². The molecule has 6 nitrogen and oxygen atoms in total. The monoisotopic (exact) mass is 389 g/mol. The van der Waals surface area contributed by atoms with Crippen LogP contribution in [-0.2, 0) is 0 Å². The van der Waals surface area contributed by atoms with Crippen LogP contribution < -0.4 is 11.1 Å². The largest absolute Gasteiger partial charge is 0.398 e. The van der Waals surface area contributed by atoms with E-state index in [0.29, 0.717) is 17.4 Å². The van der Waals surface area contributed by atoms with Crippen LogP contribution in [0.25, 0.3) is 22.2 Å². The number of nitrogens with zero attached hydrogens (tertiary/aromatic N) is 3. The maximum atomic E-state index is 12.8. The lowest BCUT2D eigenvalue weighted by Gasteiger charge is -2.33. The summed E-state index contributed by atoms with van der Waals surface area (Å²) in [6, 6.07) is 13.9. The van der Waals surface area contributed by atoms with Crippen molar-refractivity contribution in [2.75, 3.05) is 19.8 Å². The molecule has 3 N–H and O–H groups in total. The maximum Gasteiger partial charge on any atom is 0.270 e. The van der Waals surface area contributed by atoms with Crippen molar-refractivity contribution in [1.29, 1.82) is 0 Å². The van der Waals surface area contributed by atoms with Gasteiger partial charge in [-0.05, 0) is 70.1 Å². The van der Waals surface area contributed by atoms with E-state index >= 15 is 0 Å². The molecule has 0 spiro atoms. The van der Waals surface area contributed by atoms with E-state index in [1.165, 1.54) is 6.42 Å². The number of nitrogens with one attached hydrogen (secondary N) is 1. The van der Waals surface area contributed by atoms with Crippen LogP contribution in [0.5, 0.6) is 0 Å². The van der Waals surface area contributed by atoms with E-state index in [9.17, 15) is 4.79 Å². The Kier molecular flexibility index (Phi) is 5.45. The number of amides is 1. The maximum absolute atomic E-state index is 12.8. The summed E-state index contributed by atoms with van der Waals surface area (Å²) in [7, 11) is 4.21. The molecule has 0 radical (unpaired) electrons. The Morgan fingerprint density at radius 3 is 2.86 bits per heavy atom.